The molecule has 0 bridgehead atoms. The first kappa shape index (κ1) is 18.8. The third-order valence-corrected chi connectivity index (χ3v) is 3.81. The van der Waals surface area contributed by atoms with Gasteiger partial charge in [-0.3, -0.25) is 0 Å². The number of nitrogens with one attached hydrogen (secondary N) is 1. The van der Waals surface area contributed by atoms with Crippen LogP contribution in [0, 0.1) is 0 Å². The van der Waals surface area contributed by atoms with Gasteiger partial charge in [0, 0.05) is 6.54 Å². The molecule has 0 aliphatic carbocycles. The van der Waals surface area contributed by atoms with Crippen molar-refractivity contribution in [3.63, 3.8) is 0 Å². The van der Waals surface area contributed by atoms with E-state index in [0.29, 0.717) is 0 Å². The van der Waals surface area contributed by atoms with E-state index in [9.17, 15) is 0 Å². The number of rotatable bonds is 13. The molecule has 1 aromatic rings. The fraction of sp³-hybridized carbons (Fsp3) is 0.684. The van der Waals surface area contributed by atoms with Crippen molar-refractivity contribution in [1.29, 1.82) is 0 Å². The van der Waals surface area contributed by atoms with Crippen molar-refractivity contribution in [2.45, 2.75) is 65.3 Å². The van der Waals surface area contributed by atoms with Gasteiger partial charge in [-0.05, 0) is 30.7 Å². The Labute approximate surface area is 136 Å². The molecule has 3 nitrogen and oxygen atoms in total. The highest BCUT2D eigenvalue weighted by atomic mass is 16.5. The second kappa shape index (κ2) is 12.3. The monoisotopic (exact) mass is 307 g/mol. The molecule has 1 rings (SSSR count). The Bertz CT molecular complexity index is 393. The van der Waals surface area contributed by atoms with E-state index in [4.69, 9.17) is 9.47 Å². The zero-order chi connectivity index (χ0) is 16.0. The smallest absolute Gasteiger partial charge is 0.161 e. The van der Waals surface area contributed by atoms with E-state index in [0.717, 1.165) is 37.6 Å². The molecule has 1 aromatic carbocycles. The molecule has 0 atom stereocenters. The van der Waals surface area contributed by atoms with Crippen LogP contribution in [0.4, 0.5) is 0 Å². The van der Waals surface area contributed by atoms with Crippen molar-refractivity contribution in [2.75, 3.05) is 20.3 Å². The molecule has 0 saturated heterocycles. The molecule has 0 heterocycles. The Morgan fingerprint density at radius 2 is 1.64 bits per heavy atom. The summed E-state index contributed by atoms with van der Waals surface area (Å²) >= 11 is 0. The molecular weight excluding hydrogens is 274 g/mol. The highest BCUT2D eigenvalue weighted by Gasteiger charge is 2.05. The molecule has 0 unspecified atom stereocenters. The van der Waals surface area contributed by atoms with Gasteiger partial charge in [0.2, 0.25) is 0 Å². The molecule has 0 aromatic heterocycles. The number of hydrogen-bond donors (Lipinski definition) is 1. The van der Waals surface area contributed by atoms with E-state index in [1.165, 1.54) is 44.1 Å². The maximum atomic E-state index is 5.87. The van der Waals surface area contributed by atoms with E-state index in [1.807, 2.05) is 6.07 Å². The third-order valence-electron chi connectivity index (χ3n) is 3.81. The first-order valence-corrected chi connectivity index (χ1v) is 8.82. The molecule has 0 aliphatic rings. The molecule has 0 saturated carbocycles. The molecule has 0 spiro atoms. The number of hydrogen-bond acceptors (Lipinski definition) is 3. The summed E-state index contributed by atoms with van der Waals surface area (Å²) < 4.78 is 11.3. The lowest BCUT2D eigenvalue weighted by molar-refractivity contribution is 0.284. The second-order valence-corrected chi connectivity index (χ2v) is 5.74. The summed E-state index contributed by atoms with van der Waals surface area (Å²) in [7, 11) is 1.70. The lowest BCUT2D eigenvalue weighted by Crippen LogP contribution is -2.11. The van der Waals surface area contributed by atoms with E-state index < -0.39 is 0 Å². The Hall–Kier alpha value is -1.22. The van der Waals surface area contributed by atoms with Gasteiger partial charge < -0.3 is 14.8 Å². The summed E-state index contributed by atoms with van der Waals surface area (Å²) in [4.78, 5) is 0. The maximum Gasteiger partial charge on any atom is 0.161 e. The van der Waals surface area contributed by atoms with Gasteiger partial charge in [0.25, 0.3) is 0 Å². The van der Waals surface area contributed by atoms with E-state index in [-0.39, 0.29) is 0 Å². The molecule has 0 fully saturated rings. The predicted molar refractivity (Wildman–Crippen MR) is 93.9 cm³/mol. The predicted octanol–water partition coefficient (Wildman–Crippen LogP) is 4.93. The maximum absolute atomic E-state index is 5.87. The summed E-state index contributed by atoms with van der Waals surface area (Å²) in [6.45, 7) is 6.97. The Balaban J connectivity index is 2.27. The third kappa shape index (κ3) is 7.69. The van der Waals surface area contributed by atoms with Crippen LogP contribution in [0.1, 0.15) is 64.4 Å². The Kier molecular flexibility index (Phi) is 10.6. The van der Waals surface area contributed by atoms with Crippen LogP contribution < -0.4 is 14.8 Å². The van der Waals surface area contributed by atoms with Crippen molar-refractivity contribution >= 4 is 0 Å². The quantitative estimate of drug-likeness (QED) is 0.524. The standard InChI is InChI=1S/C19H33NO2/c1-4-6-7-8-9-10-11-14-22-18-13-12-17(16-20-5-2)15-19(18)21-3/h12-13,15,20H,4-11,14,16H2,1-3H3. The summed E-state index contributed by atoms with van der Waals surface area (Å²) in [6, 6.07) is 6.18. The minimum Gasteiger partial charge on any atom is -0.493 e. The minimum atomic E-state index is 0.774. The highest BCUT2D eigenvalue weighted by molar-refractivity contribution is 5.42. The van der Waals surface area contributed by atoms with Gasteiger partial charge in [-0.25, -0.2) is 0 Å². The average Bonchev–Trinajstić information content (AvgIpc) is 2.55. The SMILES string of the molecule is CCCCCCCCCOc1ccc(CNCC)cc1OC. The zero-order valence-corrected chi connectivity index (χ0v) is 14.6. The van der Waals surface area contributed by atoms with Crippen LogP contribution in [0.3, 0.4) is 0 Å². The van der Waals surface area contributed by atoms with Gasteiger partial charge in [0.15, 0.2) is 11.5 Å². The van der Waals surface area contributed by atoms with Gasteiger partial charge in [0.1, 0.15) is 0 Å². The molecule has 1 N–H and O–H groups in total. The van der Waals surface area contributed by atoms with Crippen LogP contribution in [-0.2, 0) is 6.54 Å². The highest BCUT2D eigenvalue weighted by Crippen LogP contribution is 2.28. The van der Waals surface area contributed by atoms with E-state index in [2.05, 4.69) is 31.3 Å². The van der Waals surface area contributed by atoms with Crippen molar-refractivity contribution in [1.82, 2.24) is 5.32 Å². The number of ether oxygens (including phenoxy) is 2. The van der Waals surface area contributed by atoms with Crippen LogP contribution in [0.5, 0.6) is 11.5 Å². The van der Waals surface area contributed by atoms with Crippen LogP contribution in [0.25, 0.3) is 0 Å². The van der Waals surface area contributed by atoms with Crippen LogP contribution in [0.2, 0.25) is 0 Å². The van der Waals surface area contributed by atoms with Gasteiger partial charge in [0.05, 0.1) is 13.7 Å². The molecule has 3 heteroatoms. The number of unbranched alkanes of at least 4 members (excludes halogenated alkanes) is 6. The van der Waals surface area contributed by atoms with Crippen molar-refractivity contribution in [3.8, 4) is 11.5 Å². The van der Waals surface area contributed by atoms with Gasteiger partial charge in [-0.2, -0.15) is 0 Å². The summed E-state index contributed by atoms with van der Waals surface area (Å²) in [6.07, 6.45) is 9.11. The molecule has 0 aliphatic heterocycles. The fourth-order valence-electron chi connectivity index (χ4n) is 2.45. The van der Waals surface area contributed by atoms with Crippen molar-refractivity contribution in [2.24, 2.45) is 0 Å². The van der Waals surface area contributed by atoms with Gasteiger partial charge >= 0.3 is 0 Å². The zero-order valence-electron chi connectivity index (χ0n) is 14.6. The fourth-order valence-corrected chi connectivity index (χ4v) is 2.45. The molecule has 0 radical (unpaired) electrons. The Morgan fingerprint density at radius 3 is 2.32 bits per heavy atom. The molecule has 0 amide bonds. The van der Waals surface area contributed by atoms with Gasteiger partial charge in [-0.1, -0.05) is 58.4 Å². The minimum absolute atomic E-state index is 0.774. The first-order chi connectivity index (χ1) is 10.8. The largest absolute Gasteiger partial charge is 0.493 e. The van der Waals surface area contributed by atoms with E-state index in [1.54, 1.807) is 7.11 Å². The second-order valence-electron chi connectivity index (χ2n) is 5.74. The van der Waals surface area contributed by atoms with E-state index >= 15 is 0 Å². The summed E-state index contributed by atoms with van der Waals surface area (Å²) in [5.41, 5.74) is 1.22. The van der Waals surface area contributed by atoms with Crippen LogP contribution >= 0.6 is 0 Å². The lowest BCUT2D eigenvalue weighted by Gasteiger charge is -2.12. The van der Waals surface area contributed by atoms with Crippen LogP contribution in [-0.4, -0.2) is 20.3 Å². The van der Waals surface area contributed by atoms with Crippen LogP contribution in [0.15, 0.2) is 18.2 Å². The average molecular weight is 307 g/mol. The molecule has 22 heavy (non-hydrogen) atoms. The van der Waals surface area contributed by atoms with Crippen molar-refractivity contribution < 1.29 is 9.47 Å². The lowest BCUT2D eigenvalue weighted by atomic mass is 10.1. The molecule has 126 valence electrons. The first-order valence-electron chi connectivity index (χ1n) is 8.82. The molecular formula is C19H33NO2. The summed E-state index contributed by atoms with van der Waals surface area (Å²) in [5.74, 6) is 1.69. The normalized spacial score (nSPS) is 10.7. The summed E-state index contributed by atoms with van der Waals surface area (Å²) in [5, 5.41) is 3.32. The van der Waals surface area contributed by atoms with Crippen molar-refractivity contribution in [3.05, 3.63) is 23.8 Å². The topological polar surface area (TPSA) is 30.5 Å². The Morgan fingerprint density at radius 1 is 0.909 bits per heavy atom. The number of methoxy groups -OCH3 is 1. The van der Waals surface area contributed by atoms with Gasteiger partial charge in [-0.15, -0.1) is 0 Å². The number of benzene rings is 1.